The number of anilines is 1. The summed E-state index contributed by atoms with van der Waals surface area (Å²) in [4.78, 5) is 4.43. The first kappa shape index (κ1) is 13.8. The molecule has 1 aliphatic rings. The Kier molecular flexibility index (Phi) is 4.28. The molecule has 2 rings (SSSR count). The van der Waals surface area contributed by atoms with Gasteiger partial charge in [0.2, 0.25) is 0 Å². The maximum absolute atomic E-state index is 6.01. The van der Waals surface area contributed by atoms with Crippen molar-refractivity contribution in [3.63, 3.8) is 0 Å². The summed E-state index contributed by atoms with van der Waals surface area (Å²) in [5.74, 6) is 1.75. The Morgan fingerprint density at radius 2 is 2.17 bits per heavy atom. The Hall–Kier alpha value is -0.610. The molecule has 0 saturated heterocycles. The summed E-state index contributed by atoms with van der Waals surface area (Å²) in [7, 11) is 0. The minimum atomic E-state index is 0.0236. The van der Waals surface area contributed by atoms with Crippen LogP contribution in [0.2, 0.25) is 0 Å². The maximum atomic E-state index is 6.01. The van der Waals surface area contributed by atoms with E-state index in [1.54, 1.807) is 0 Å². The number of halogens is 1. The predicted molar refractivity (Wildman–Crippen MR) is 79.7 cm³/mol. The van der Waals surface area contributed by atoms with Gasteiger partial charge in [0.1, 0.15) is 5.82 Å². The van der Waals surface area contributed by atoms with Crippen molar-refractivity contribution < 1.29 is 0 Å². The lowest BCUT2D eigenvalue weighted by Crippen LogP contribution is -2.48. The smallest absolute Gasteiger partial charge is 0.141 e. The van der Waals surface area contributed by atoms with E-state index in [2.05, 4.69) is 40.1 Å². The Morgan fingerprint density at radius 3 is 2.78 bits per heavy atom. The second-order valence-electron chi connectivity index (χ2n) is 5.58. The molecule has 100 valence electrons. The van der Waals surface area contributed by atoms with Crippen molar-refractivity contribution in [2.45, 2.75) is 45.1 Å². The Morgan fingerprint density at radius 1 is 1.50 bits per heavy atom. The largest absolute Gasteiger partial charge is 0.362 e. The molecule has 0 aromatic carbocycles. The van der Waals surface area contributed by atoms with Gasteiger partial charge in [-0.15, -0.1) is 0 Å². The number of rotatable bonds is 3. The topological polar surface area (TPSA) is 50.9 Å². The summed E-state index contributed by atoms with van der Waals surface area (Å²) >= 11 is 3.61. The molecule has 1 saturated carbocycles. The fourth-order valence-electron chi connectivity index (χ4n) is 2.57. The first-order valence-corrected chi connectivity index (χ1v) is 7.45. The molecule has 4 heteroatoms. The number of aromatic nitrogens is 1. The number of nitrogens with one attached hydrogen (secondary N) is 1. The normalized spacial score (nSPS) is 28.1. The van der Waals surface area contributed by atoms with Gasteiger partial charge in [-0.1, -0.05) is 6.92 Å². The van der Waals surface area contributed by atoms with Gasteiger partial charge in [-0.2, -0.15) is 0 Å². The van der Waals surface area contributed by atoms with E-state index in [0.29, 0.717) is 6.54 Å². The summed E-state index contributed by atoms with van der Waals surface area (Å²) < 4.78 is 1.05. The van der Waals surface area contributed by atoms with E-state index >= 15 is 0 Å². The van der Waals surface area contributed by atoms with Crippen molar-refractivity contribution in [3.05, 3.63) is 22.3 Å². The van der Waals surface area contributed by atoms with Crippen LogP contribution in [0.1, 0.15) is 38.2 Å². The molecule has 0 spiro atoms. The fraction of sp³-hybridized carbons (Fsp3) is 0.643. The highest BCUT2D eigenvalue weighted by atomic mass is 79.9. The van der Waals surface area contributed by atoms with E-state index in [1.165, 1.54) is 18.4 Å². The number of pyridine rings is 1. The first-order chi connectivity index (χ1) is 8.56. The zero-order valence-corrected chi connectivity index (χ0v) is 12.8. The van der Waals surface area contributed by atoms with Gasteiger partial charge < -0.3 is 11.1 Å². The summed E-state index contributed by atoms with van der Waals surface area (Å²) in [6.07, 6.45) is 6.60. The van der Waals surface area contributed by atoms with Gasteiger partial charge in [0, 0.05) is 12.7 Å². The molecule has 3 nitrogen and oxygen atoms in total. The van der Waals surface area contributed by atoms with Crippen LogP contribution in [0, 0.1) is 12.8 Å². The quantitative estimate of drug-likeness (QED) is 0.898. The molecule has 0 amide bonds. The molecule has 1 heterocycles. The molecular weight excluding hydrogens is 290 g/mol. The molecule has 1 aromatic rings. The molecule has 0 unspecified atom stereocenters. The van der Waals surface area contributed by atoms with E-state index in [0.717, 1.165) is 29.1 Å². The third kappa shape index (κ3) is 2.86. The van der Waals surface area contributed by atoms with E-state index in [4.69, 9.17) is 5.73 Å². The number of aryl methyl sites for hydroxylation is 1. The summed E-state index contributed by atoms with van der Waals surface area (Å²) in [5, 5.41) is 3.59. The van der Waals surface area contributed by atoms with Crippen LogP contribution < -0.4 is 11.1 Å². The van der Waals surface area contributed by atoms with Crippen molar-refractivity contribution in [3.8, 4) is 0 Å². The van der Waals surface area contributed by atoms with Gasteiger partial charge in [-0.3, -0.25) is 0 Å². The van der Waals surface area contributed by atoms with Crippen molar-refractivity contribution >= 4 is 21.7 Å². The van der Waals surface area contributed by atoms with E-state index in [-0.39, 0.29) is 5.54 Å². The Bertz CT molecular complexity index is 412. The van der Waals surface area contributed by atoms with E-state index < -0.39 is 0 Å². The van der Waals surface area contributed by atoms with Crippen LogP contribution in [0.4, 0.5) is 5.82 Å². The van der Waals surface area contributed by atoms with Gasteiger partial charge in [0.05, 0.1) is 10.0 Å². The molecular formula is C14H22BrN3. The van der Waals surface area contributed by atoms with Crippen LogP contribution in [-0.4, -0.2) is 17.1 Å². The highest BCUT2D eigenvalue weighted by molar-refractivity contribution is 9.10. The van der Waals surface area contributed by atoms with E-state index in [1.807, 2.05) is 12.3 Å². The monoisotopic (exact) mass is 311 g/mol. The minimum Gasteiger partial charge on any atom is -0.362 e. The fourth-order valence-corrected chi connectivity index (χ4v) is 2.91. The zero-order valence-electron chi connectivity index (χ0n) is 11.2. The summed E-state index contributed by atoms with van der Waals surface area (Å²) in [6, 6.07) is 2.01. The molecule has 0 radical (unpaired) electrons. The molecule has 1 aromatic heterocycles. The van der Waals surface area contributed by atoms with Crippen molar-refractivity contribution in [2.75, 3.05) is 11.9 Å². The summed E-state index contributed by atoms with van der Waals surface area (Å²) in [6.45, 7) is 5.07. The SMILES string of the molecule is Cc1ccnc(NC2(CN)CCC(C)CC2)c1Br. The molecule has 3 N–H and O–H groups in total. The van der Waals surface area contributed by atoms with Crippen LogP contribution in [0.25, 0.3) is 0 Å². The standard InChI is InChI=1S/C14H22BrN3/c1-10-3-6-14(9-16,7-4-10)18-13-12(15)11(2)5-8-17-13/h5,8,10H,3-4,6-7,9,16H2,1-2H3,(H,17,18). The number of hydrogen-bond acceptors (Lipinski definition) is 3. The third-order valence-electron chi connectivity index (χ3n) is 4.09. The maximum Gasteiger partial charge on any atom is 0.141 e. The van der Waals surface area contributed by atoms with Gasteiger partial charge >= 0.3 is 0 Å². The average molecular weight is 312 g/mol. The Balaban J connectivity index is 2.17. The molecule has 0 bridgehead atoms. The highest BCUT2D eigenvalue weighted by Crippen LogP contribution is 2.35. The zero-order chi connectivity index (χ0) is 13.2. The van der Waals surface area contributed by atoms with Crippen LogP contribution in [0.5, 0.6) is 0 Å². The van der Waals surface area contributed by atoms with Crippen molar-refractivity contribution in [1.82, 2.24) is 4.98 Å². The van der Waals surface area contributed by atoms with Gasteiger partial charge in [-0.25, -0.2) is 4.98 Å². The highest BCUT2D eigenvalue weighted by Gasteiger charge is 2.33. The number of hydrogen-bond donors (Lipinski definition) is 2. The number of nitrogens with zero attached hydrogens (tertiary/aromatic N) is 1. The van der Waals surface area contributed by atoms with Crippen LogP contribution in [0.3, 0.4) is 0 Å². The lowest BCUT2D eigenvalue weighted by molar-refractivity contribution is 0.271. The molecule has 0 atom stereocenters. The molecule has 0 aliphatic heterocycles. The number of nitrogens with two attached hydrogens (primary N) is 1. The predicted octanol–water partition coefficient (Wildman–Crippen LogP) is 3.47. The van der Waals surface area contributed by atoms with Gasteiger partial charge in [0.15, 0.2) is 0 Å². The second-order valence-corrected chi connectivity index (χ2v) is 6.38. The molecule has 1 fully saturated rings. The lowest BCUT2D eigenvalue weighted by atomic mass is 9.77. The average Bonchev–Trinajstić information content (AvgIpc) is 2.38. The molecule has 1 aliphatic carbocycles. The minimum absolute atomic E-state index is 0.0236. The van der Waals surface area contributed by atoms with E-state index in [9.17, 15) is 0 Å². The second kappa shape index (κ2) is 5.57. The van der Waals surface area contributed by atoms with Crippen LogP contribution in [0.15, 0.2) is 16.7 Å². The van der Waals surface area contributed by atoms with Gasteiger partial charge in [0.25, 0.3) is 0 Å². The van der Waals surface area contributed by atoms with Gasteiger partial charge in [-0.05, 0) is 66.1 Å². The molecule has 18 heavy (non-hydrogen) atoms. The van der Waals surface area contributed by atoms with Crippen molar-refractivity contribution in [2.24, 2.45) is 11.7 Å². The Labute approximate surface area is 118 Å². The van der Waals surface area contributed by atoms with Crippen LogP contribution in [-0.2, 0) is 0 Å². The first-order valence-electron chi connectivity index (χ1n) is 6.66. The lowest BCUT2D eigenvalue weighted by Gasteiger charge is -2.40. The summed E-state index contributed by atoms with van der Waals surface area (Å²) in [5.41, 5.74) is 7.24. The van der Waals surface area contributed by atoms with Crippen LogP contribution >= 0.6 is 15.9 Å². The third-order valence-corrected chi connectivity index (χ3v) is 5.09. The van der Waals surface area contributed by atoms with Crippen molar-refractivity contribution in [1.29, 1.82) is 0 Å².